The molecule has 32 heavy (non-hydrogen) atoms. The zero-order valence-electron chi connectivity index (χ0n) is 18.4. The topological polar surface area (TPSA) is 62.3 Å². The lowest BCUT2D eigenvalue weighted by atomic mass is 10.1. The molecule has 1 aromatic heterocycles. The van der Waals surface area contributed by atoms with Crippen LogP contribution < -0.4 is 5.32 Å². The fraction of sp³-hybridized carbons (Fsp3) is 0.269. The molecule has 0 unspecified atom stereocenters. The third-order valence-corrected chi connectivity index (χ3v) is 6.74. The van der Waals surface area contributed by atoms with E-state index < -0.39 is 0 Å². The zero-order chi connectivity index (χ0) is 22.5. The molecule has 0 saturated carbocycles. The molecule has 0 radical (unpaired) electrons. The highest BCUT2D eigenvalue weighted by atomic mass is 32.2. The highest BCUT2D eigenvalue weighted by Crippen LogP contribution is 2.31. The van der Waals surface area contributed by atoms with Crippen molar-refractivity contribution in [1.29, 1.82) is 0 Å². The number of hydrogen-bond donors (Lipinski definition) is 1. The van der Waals surface area contributed by atoms with Gasteiger partial charge in [0.15, 0.2) is 0 Å². The maximum atomic E-state index is 13.0. The van der Waals surface area contributed by atoms with E-state index in [2.05, 4.69) is 48.4 Å². The molecule has 1 fully saturated rings. The van der Waals surface area contributed by atoms with Crippen LogP contribution in [0.3, 0.4) is 0 Å². The average molecular weight is 446 g/mol. The number of amides is 2. The number of nitrogens with zero attached hydrogens (tertiary/aromatic N) is 2. The summed E-state index contributed by atoms with van der Waals surface area (Å²) in [5.41, 5.74) is 5.04. The Hall–Kier alpha value is -3.12. The van der Waals surface area contributed by atoms with E-state index in [0.717, 1.165) is 29.0 Å². The molecule has 5 nitrogen and oxygen atoms in total. The minimum absolute atomic E-state index is 0.148. The Labute approximate surface area is 193 Å². The summed E-state index contributed by atoms with van der Waals surface area (Å²) in [6.45, 7) is 6.00. The van der Waals surface area contributed by atoms with Crippen molar-refractivity contribution >= 4 is 23.6 Å². The van der Waals surface area contributed by atoms with Crippen molar-refractivity contribution in [3.63, 3.8) is 0 Å². The van der Waals surface area contributed by atoms with Crippen LogP contribution >= 0.6 is 11.8 Å². The lowest BCUT2D eigenvalue weighted by molar-refractivity contribution is -0.128. The molecule has 2 aromatic carbocycles. The minimum Gasteiger partial charge on any atom is -0.348 e. The number of rotatable bonds is 7. The first-order valence-electron chi connectivity index (χ1n) is 10.8. The Morgan fingerprint density at radius 2 is 1.94 bits per heavy atom. The van der Waals surface area contributed by atoms with E-state index >= 15 is 0 Å². The number of pyridine rings is 1. The molecule has 3 aromatic rings. The summed E-state index contributed by atoms with van der Waals surface area (Å²) in [4.78, 5) is 32.3. The van der Waals surface area contributed by atoms with Crippen molar-refractivity contribution in [2.24, 2.45) is 0 Å². The van der Waals surface area contributed by atoms with E-state index in [1.54, 1.807) is 12.3 Å². The summed E-state index contributed by atoms with van der Waals surface area (Å²) in [6.07, 6.45) is 3.29. The first-order chi connectivity index (χ1) is 15.5. The molecule has 2 amide bonds. The van der Waals surface area contributed by atoms with Crippen molar-refractivity contribution in [1.82, 2.24) is 15.2 Å². The van der Waals surface area contributed by atoms with Gasteiger partial charge in [0, 0.05) is 37.1 Å². The van der Waals surface area contributed by atoms with Gasteiger partial charge in [0.1, 0.15) is 5.03 Å². The summed E-state index contributed by atoms with van der Waals surface area (Å²) >= 11 is 1.51. The van der Waals surface area contributed by atoms with E-state index in [0.29, 0.717) is 30.1 Å². The first-order valence-corrected chi connectivity index (χ1v) is 11.6. The quantitative estimate of drug-likeness (QED) is 0.562. The van der Waals surface area contributed by atoms with E-state index in [4.69, 9.17) is 0 Å². The molecule has 4 rings (SSSR count). The Kier molecular flexibility index (Phi) is 6.90. The number of aryl methyl sites for hydroxylation is 2. The molecule has 1 aliphatic heterocycles. The van der Waals surface area contributed by atoms with Gasteiger partial charge >= 0.3 is 0 Å². The van der Waals surface area contributed by atoms with E-state index in [9.17, 15) is 9.59 Å². The third kappa shape index (κ3) is 5.37. The van der Waals surface area contributed by atoms with Gasteiger partial charge in [-0.1, -0.05) is 53.7 Å². The summed E-state index contributed by atoms with van der Waals surface area (Å²) in [5.74, 6) is 0.0691. The van der Waals surface area contributed by atoms with Crippen molar-refractivity contribution < 1.29 is 9.59 Å². The van der Waals surface area contributed by atoms with E-state index in [-0.39, 0.29) is 11.8 Å². The minimum atomic E-state index is -0.148. The maximum absolute atomic E-state index is 13.0. The molecule has 0 bridgehead atoms. The van der Waals surface area contributed by atoms with Gasteiger partial charge in [-0.15, -0.1) is 0 Å². The molecular formula is C26H27N3O2S. The highest BCUT2D eigenvalue weighted by Gasteiger charge is 2.20. The van der Waals surface area contributed by atoms with Gasteiger partial charge in [-0.2, -0.15) is 0 Å². The zero-order valence-corrected chi connectivity index (χ0v) is 19.2. The predicted octanol–water partition coefficient (Wildman–Crippen LogP) is 4.90. The molecule has 1 N–H and O–H groups in total. The number of benzene rings is 2. The molecule has 0 atom stereocenters. The Morgan fingerprint density at radius 3 is 2.72 bits per heavy atom. The largest absolute Gasteiger partial charge is 0.348 e. The number of likely N-dealkylation sites (tertiary alicyclic amines) is 1. The Bertz CT molecular complexity index is 1150. The van der Waals surface area contributed by atoms with Crippen LogP contribution in [0, 0.1) is 13.8 Å². The summed E-state index contributed by atoms with van der Waals surface area (Å²) < 4.78 is 0. The average Bonchev–Trinajstić information content (AvgIpc) is 3.19. The predicted molar refractivity (Wildman–Crippen MR) is 127 cm³/mol. The van der Waals surface area contributed by atoms with Crippen LogP contribution in [0.5, 0.6) is 0 Å². The number of nitrogens with one attached hydrogen (secondary N) is 1. The fourth-order valence-electron chi connectivity index (χ4n) is 3.87. The van der Waals surface area contributed by atoms with Gasteiger partial charge in [-0.3, -0.25) is 9.59 Å². The molecule has 1 saturated heterocycles. The summed E-state index contributed by atoms with van der Waals surface area (Å²) in [7, 11) is 0. The van der Waals surface area contributed by atoms with Crippen molar-refractivity contribution in [2.75, 3.05) is 6.54 Å². The van der Waals surface area contributed by atoms with Gasteiger partial charge < -0.3 is 10.2 Å². The SMILES string of the molecule is Cc1ccc(Sc2ncccc2C(=O)NCc2cccc(CN3CCCC3=O)c2)c(C)c1. The van der Waals surface area contributed by atoms with Crippen LogP contribution in [0.25, 0.3) is 0 Å². The van der Waals surface area contributed by atoms with Crippen LogP contribution in [0.4, 0.5) is 0 Å². The lowest BCUT2D eigenvalue weighted by Gasteiger charge is -2.16. The second-order valence-electron chi connectivity index (χ2n) is 8.15. The Morgan fingerprint density at radius 1 is 1.09 bits per heavy atom. The number of carbonyl (C=O) groups is 2. The molecule has 6 heteroatoms. The molecule has 0 spiro atoms. The molecule has 164 valence electrons. The summed E-state index contributed by atoms with van der Waals surface area (Å²) in [5, 5.41) is 3.71. The van der Waals surface area contributed by atoms with Gasteiger partial charge in [-0.25, -0.2) is 4.98 Å². The second-order valence-corrected chi connectivity index (χ2v) is 9.18. The van der Waals surface area contributed by atoms with Crippen LogP contribution in [-0.4, -0.2) is 28.2 Å². The van der Waals surface area contributed by atoms with Gasteiger partial charge in [0.2, 0.25) is 5.91 Å². The van der Waals surface area contributed by atoms with Gasteiger partial charge in [0.05, 0.1) is 5.56 Å². The summed E-state index contributed by atoms with van der Waals surface area (Å²) in [6, 6.07) is 17.9. The monoisotopic (exact) mass is 445 g/mol. The van der Waals surface area contributed by atoms with Crippen molar-refractivity contribution in [3.8, 4) is 0 Å². The number of hydrogen-bond acceptors (Lipinski definition) is 4. The fourth-order valence-corrected chi connectivity index (χ4v) is 4.82. The van der Waals surface area contributed by atoms with Gasteiger partial charge in [-0.05, 0) is 55.2 Å². The highest BCUT2D eigenvalue weighted by molar-refractivity contribution is 7.99. The molecular weight excluding hydrogens is 418 g/mol. The van der Waals surface area contributed by atoms with Crippen molar-refractivity contribution in [2.45, 2.75) is 49.7 Å². The van der Waals surface area contributed by atoms with E-state index in [1.807, 2.05) is 29.2 Å². The molecule has 1 aliphatic rings. The second kappa shape index (κ2) is 10.0. The number of aromatic nitrogens is 1. The lowest BCUT2D eigenvalue weighted by Crippen LogP contribution is -2.25. The smallest absolute Gasteiger partial charge is 0.254 e. The van der Waals surface area contributed by atoms with Crippen LogP contribution in [0.15, 0.2) is 70.7 Å². The van der Waals surface area contributed by atoms with Gasteiger partial charge in [0.25, 0.3) is 5.91 Å². The first kappa shape index (κ1) is 22.1. The third-order valence-electron chi connectivity index (χ3n) is 5.54. The standard InChI is InChI=1S/C26H27N3O2S/c1-18-10-11-23(19(2)14-18)32-26-22(8-4-12-27-26)25(31)28-16-20-6-3-7-21(15-20)17-29-13-5-9-24(29)30/h3-4,6-8,10-12,14-15H,5,9,13,16-17H2,1-2H3,(H,28,31). The Balaban J connectivity index is 1.42. The molecule has 2 heterocycles. The van der Waals surface area contributed by atoms with Crippen LogP contribution in [0.2, 0.25) is 0 Å². The van der Waals surface area contributed by atoms with Crippen LogP contribution in [-0.2, 0) is 17.9 Å². The molecule has 0 aliphatic carbocycles. The van der Waals surface area contributed by atoms with E-state index in [1.165, 1.54) is 22.9 Å². The van der Waals surface area contributed by atoms with Crippen LogP contribution in [0.1, 0.15) is 45.5 Å². The van der Waals surface area contributed by atoms with Crippen molar-refractivity contribution in [3.05, 3.63) is 88.6 Å². The number of carbonyl (C=O) groups excluding carboxylic acids is 2. The maximum Gasteiger partial charge on any atom is 0.254 e. The normalized spacial score (nSPS) is 13.4.